The maximum atomic E-state index is 12.8. The molecule has 1 fully saturated rings. The van der Waals surface area contributed by atoms with Crippen LogP contribution in [0.2, 0.25) is 0 Å². The summed E-state index contributed by atoms with van der Waals surface area (Å²) >= 11 is 0. The number of benzene rings is 1. The van der Waals surface area contributed by atoms with Crippen LogP contribution in [-0.4, -0.2) is 52.9 Å². The number of hydrogen-bond acceptors (Lipinski definition) is 5. The van der Waals surface area contributed by atoms with Gasteiger partial charge in [0.25, 0.3) is 5.91 Å². The van der Waals surface area contributed by atoms with E-state index in [1.54, 1.807) is 4.90 Å². The van der Waals surface area contributed by atoms with Gasteiger partial charge in [-0.3, -0.25) is 9.59 Å². The molecule has 1 aromatic heterocycles. The molecule has 1 aromatic carbocycles. The molecule has 0 unspecified atom stereocenters. The largest absolute Gasteiger partial charge is 0.416 e. The van der Waals surface area contributed by atoms with E-state index < -0.39 is 17.6 Å². The van der Waals surface area contributed by atoms with E-state index in [0.717, 1.165) is 12.1 Å². The zero-order valence-electron chi connectivity index (χ0n) is 15.0. The molecule has 0 saturated carbocycles. The quantitative estimate of drug-likeness (QED) is 0.867. The van der Waals surface area contributed by atoms with Crippen molar-refractivity contribution in [1.82, 2.24) is 14.9 Å². The van der Waals surface area contributed by atoms with Crippen LogP contribution in [0.25, 0.3) is 0 Å². The van der Waals surface area contributed by atoms with Crippen molar-refractivity contribution in [2.24, 2.45) is 0 Å². The Morgan fingerprint density at radius 2 is 1.79 bits per heavy atom. The number of rotatable bonds is 3. The molecule has 0 atom stereocenters. The minimum absolute atomic E-state index is 0.0106. The minimum Gasteiger partial charge on any atom is -0.352 e. The molecule has 3 rings (SSSR count). The average molecular weight is 393 g/mol. The standard InChI is InChI=1S/C18H18F3N5O2/c1-12(27)25-5-7-26(8-6-25)16-11-22-15(10-23-16)17(28)24-14-4-2-3-13(9-14)18(19,20)21/h2-4,9-11H,5-8H2,1H3,(H,24,28). The van der Waals surface area contributed by atoms with E-state index in [1.807, 2.05) is 4.90 Å². The summed E-state index contributed by atoms with van der Waals surface area (Å²) in [5.74, 6) is -0.0639. The topological polar surface area (TPSA) is 78.4 Å². The van der Waals surface area contributed by atoms with Crippen molar-refractivity contribution < 1.29 is 22.8 Å². The molecular formula is C18H18F3N5O2. The summed E-state index contributed by atoms with van der Waals surface area (Å²) in [7, 11) is 0. The Kier molecular flexibility index (Phi) is 5.48. The molecule has 2 amide bonds. The van der Waals surface area contributed by atoms with Crippen molar-refractivity contribution in [1.29, 1.82) is 0 Å². The zero-order chi connectivity index (χ0) is 20.3. The van der Waals surface area contributed by atoms with Gasteiger partial charge in [0.1, 0.15) is 11.5 Å². The highest BCUT2D eigenvalue weighted by Crippen LogP contribution is 2.30. The van der Waals surface area contributed by atoms with Crippen LogP contribution in [0.3, 0.4) is 0 Å². The predicted octanol–water partition coefficient (Wildman–Crippen LogP) is 2.42. The first-order valence-corrected chi connectivity index (χ1v) is 8.55. The summed E-state index contributed by atoms with van der Waals surface area (Å²) < 4.78 is 38.3. The van der Waals surface area contributed by atoms with Crippen LogP contribution in [0.1, 0.15) is 23.0 Å². The second-order valence-corrected chi connectivity index (χ2v) is 6.29. The highest BCUT2D eigenvalue weighted by atomic mass is 19.4. The van der Waals surface area contributed by atoms with Gasteiger partial charge < -0.3 is 15.1 Å². The normalized spacial score (nSPS) is 14.7. The van der Waals surface area contributed by atoms with E-state index in [0.29, 0.717) is 32.0 Å². The van der Waals surface area contributed by atoms with Crippen molar-refractivity contribution in [2.75, 3.05) is 36.4 Å². The lowest BCUT2D eigenvalue weighted by atomic mass is 10.2. The Bertz CT molecular complexity index is 862. The third-order valence-electron chi connectivity index (χ3n) is 4.37. The van der Waals surface area contributed by atoms with Gasteiger partial charge in [-0.2, -0.15) is 13.2 Å². The van der Waals surface area contributed by atoms with Crippen LogP contribution in [0, 0.1) is 0 Å². The van der Waals surface area contributed by atoms with E-state index in [-0.39, 0.29) is 17.3 Å². The van der Waals surface area contributed by atoms with Crippen LogP contribution in [0.15, 0.2) is 36.7 Å². The molecule has 0 radical (unpaired) electrons. The number of amides is 2. The number of piperazine rings is 1. The molecule has 2 aromatic rings. The molecule has 148 valence electrons. The van der Waals surface area contributed by atoms with Crippen molar-refractivity contribution in [3.05, 3.63) is 47.9 Å². The van der Waals surface area contributed by atoms with Crippen molar-refractivity contribution in [2.45, 2.75) is 13.1 Å². The van der Waals surface area contributed by atoms with E-state index in [2.05, 4.69) is 15.3 Å². The summed E-state index contributed by atoms with van der Waals surface area (Å²) in [5.41, 5.74) is -0.842. The van der Waals surface area contributed by atoms with Crippen molar-refractivity contribution in [3.63, 3.8) is 0 Å². The molecule has 28 heavy (non-hydrogen) atoms. The molecule has 0 aliphatic carbocycles. The minimum atomic E-state index is -4.49. The van der Waals surface area contributed by atoms with Crippen LogP contribution in [-0.2, 0) is 11.0 Å². The highest BCUT2D eigenvalue weighted by molar-refractivity contribution is 6.02. The van der Waals surface area contributed by atoms with Gasteiger partial charge in [-0.1, -0.05) is 6.07 Å². The second kappa shape index (κ2) is 7.83. The fourth-order valence-electron chi connectivity index (χ4n) is 2.82. The van der Waals surface area contributed by atoms with Crippen LogP contribution >= 0.6 is 0 Å². The van der Waals surface area contributed by atoms with E-state index >= 15 is 0 Å². The van der Waals surface area contributed by atoms with Gasteiger partial charge in [0, 0.05) is 38.8 Å². The fourth-order valence-corrected chi connectivity index (χ4v) is 2.82. The molecule has 1 N–H and O–H groups in total. The Balaban J connectivity index is 1.64. The number of hydrogen-bond donors (Lipinski definition) is 1. The number of aromatic nitrogens is 2. The van der Waals surface area contributed by atoms with E-state index in [9.17, 15) is 22.8 Å². The summed E-state index contributed by atoms with van der Waals surface area (Å²) in [6.07, 6.45) is -1.78. The number of alkyl halides is 3. The van der Waals surface area contributed by atoms with Gasteiger partial charge in [-0.15, -0.1) is 0 Å². The van der Waals surface area contributed by atoms with Crippen LogP contribution < -0.4 is 10.2 Å². The number of carbonyl (C=O) groups is 2. The van der Waals surface area contributed by atoms with Gasteiger partial charge in [0.05, 0.1) is 18.0 Å². The summed E-state index contributed by atoms with van der Waals surface area (Å²) in [5, 5.41) is 2.39. The molecule has 0 bridgehead atoms. The zero-order valence-corrected chi connectivity index (χ0v) is 15.0. The lowest BCUT2D eigenvalue weighted by Gasteiger charge is -2.34. The maximum Gasteiger partial charge on any atom is 0.416 e. The first kappa shape index (κ1) is 19.6. The summed E-state index contributed by atoms with van der Waals surface area (Å²) in [4.78, 5) is 35.5. The predicted molar refractivity (Wildman–Crippen MR) is 95.9 cm³/mol. The lowest BCUT2D eigenvalue weighted by Crippen LogP contribution is -2.48. The average Bonchev–Trinajstić information content (AvgIpc) is 2.68. The molecule has 1 saturated heterocycles. The summed E-state index contributed by atoms with van der Waals surface area (Å²) in [6, 6.07) is 4.36. The van der Waals surface area contributed by atoms with Gasteiger partial charge in [0.2, 0.25) is 5.91 Å². The Hall–Kier alpha value is -3.17. The molecular weight excluding hydrogens is 375 g/mol. The third kappa shape index (κ3) is 4.56. The molecule has 10 heteroatoms. The van der Waals surface area contributed by atoms with E-state index in [4.69, 9.17) is 0 Å². The number of nitrogens with zero attached hydrogens (tertiary/aromatic N) is 4. The Morgan fingerprint density at radius 1 is 1.07 bits per heavy atom. The first-order chi connectivity index (χ1) is 13.2. The Morgan fingerprint density at radius 3 is 2.36 bits per heavy atom. The summed E-state index contributed by atoms with van der Waals surface area (Å²) in [6.45, 7) is 3.88. The molecule has 2 heterocycles. The van der Waals surface area contributed by atoms with E-state index in [1.165, 1.54) is 31.5 Å². The number of nitrogens with one attached hydrogen (secondary N) is 1. The number of anilines is 2. The fraction of sp³-hybridized carbons (Fsp3) is 0.333. The maximum absolute atomic E-state index is 12.8. The van der Waals surface area contributed by atoms with Crippen molar-refractivity contribution in [3.8, 4) is 0 Å². The molecule has 1 aliphatic heterocycles. The number of halogens is 3. The van der Waals surface area contributed by atoms with Gasteiger partial charge in [-0.05, 0) is 18.2 Å². The highest BCUT2D eigenvalue weighted by Gasteiger charge is 2.30. The van der Waals surface area contributed by atoms with Crippen LogP contribution in [0.5, 0.6) is 0 Å². The number of carbonyl (C=O) groups excluding carboxylic acids is 2. The van der Waals surface area contributed by atoms with Crippen LogP contribution in [0.4, 0.5) is 24.7 Å². The monoisotopic (exact) mass is 393 g/mol. The Labute approximate surface area is 159 Å². The third-order valence-corrected chi connectivity index (χ3v) is 4.37. The molecule has 7 nitrogen and oxygen atoms in total. The lowest BCUT2D eigenvalue weighted by molar-refractivity contribution is -0.137. The second-order valence-electron chi connectivity index (χ2n) is 6.29. The SMILES string of the molecule is CC(=O)N1CCN(c2cnc(C(=O)Nc3cccc(C(F)(F)F)c3)cn2)CC1. The molecule has 0 spiro atoms. The van der Waals surface area contributed by atoms with Gasteiger partial charge >= 0.3 is 6.18 Å². The first-order valence-electron chi connectivity index (χ1n) is 8.55. The van der Waals surface area contributed by atoms with Crippen molar-refractivity contribution >= 4 is 23.3 Å². The smallest absolute Gasteiger partial charge is 0.352 e. The van der Waals surface area contributed by atoms with Gasteiger partial charge in [-0.25, -0.2) is 9.97 Å². The van der Waals surface area contributed by atoms with Gasteiger partial charge in [0.15, 0.2) is 0 Å². The molecule has 1 aliphatic rings.